The van der Waals surface area contributed by atoms with E-state index in [0.717, 1.165) is 24.7 Å². The number of nitrogens with zero attached hydrogens (tertiary/aromatic N) is 3. The zero-order chi connectivity index (χ0) is 16.8. The molecule has 1 fully saturated rings. The van der Waals surface area contributed by atoms with Gasteiger partial charge in [-0.25, -0.2) is 9.97 Å². The fourth-order valence-electron chi connectivity index (χ4n) is 2.72. The van der Waals surface area contributed by atoms with E-state index in [0.29, 0.717) is 18.0 Å². The fourth-order valence-corrected chi connectivity index (χ4v) is 2.72. The average molecular weight is 326 g/mol. The van der Waals surface area contributed by atoms with E-state index in [1.165, 1.54) is 25.5 Å². The Hall–Kier alpha value is -2.63. The molecule has 0 aliphatic carbocycles. The van der Waals surface area contributed by atoms with Crippen LogP contribution in [0.15, 0.2) is 36.7 Å². The van der Waals surface area contributed by atoms with Crippen molar-refractivity contribution >= 4 is 17.4 Å². The summed E-state index contributed by atoms with van der Waals surface area (Å²) in [7, 11) is 0. The normalized spacial score (nSPS) is 14.3. The number of carbonyl (C=O) groups excluding carboxylic acids is 1. The average Bonchev–Trinajstić information content (AvgIpc) is 2.64. The molecular weight excluding hydrogens is 304 g/mol. The third-order valence-electron chi connectivity index (χ3n) is 3.97. The lowest BCUT2D eigenvalue weighted by molar-refractivity contribution is 0.102. The number of rotatable bonds is 5. The van der Waals surface area contributed by atoms with Crippen molar-refractivity contribution in [2.24, 2.45) is 0 Å². The number of aromatic nitrogens is 2. The van der Waals surface area contributed by atoms with Crippen LogP contribution in [0.1, 0.15) is 36.7 Å². The van der Waals surface area contributed by atoms with Crippen molar-refractivity contribution in [1.82, 2.24) is 9.97 Å². The monoisotopic (exact) mass is 326 g/mol. The van der Waals surface area contributed by atoms with Gasteiger partial charge in [0.25, 0.3) is 5.91 Å². The zero-order valence-electron chi connectivity index (χ0n) is 13.9. The number of anilines is 2. The number of benzene rings is 1. The van der Waals surface area contributed by atoms with Gasteiger partial charge in [0, 0.05) is 18.8 Å². The van der Waals surface area contributed by atoms with Crippen molar-refractivity contribution in [3.05, 3.63) is 42.4 Å². The number of amides is 1. The minimum atomic E-state index is -0.267. The summed E-state index contributed by atoms with van der Waals surface area (Å²) < 4.78 is 5.38. The largest absolute Gasteiger partial charge is 0.494 e. The first-order valence-electron chi connectivity index (χ1n) is 8.37. The minimum absolute atomic E-state index is 0.267. The molecule has 1 aromatic heterocycles. The van der Waals surface area contributed by atoms with Gasteiger partial charge >= 0.3 is 0 Å². The summed E-state index contributed by atoms with van der Waals surface area (Å²) in [6, 6.07) is 7.26. The van der Waals surface area contributed by atoms with Crippen LogP contribution in [-0.2, 0) is 0 Å². The molecule has 1 aromatic carbocycles. The molecule has 2 aromatic rings. The Morgan fingerprint density at radius 1 is 1.12 bits per heavy atom. The maximum absolute atomic E-state index is 12.3. The number of ether oxygens (including phenoxy) is 1. The second kappa shape index (κ2) is 7.77. The van der Waals surface area contributed by atoms with E-state index < -0.39 is 0 Å². The molecule has 1 amide bonds. The predicted octanol–water partition coefficient (Wildman–Crippen LogP) is 3.12. The van der Waals surface area contributed by atoms with Crippen molar-refractivity contribution in [3.8, 4) is 5.75 Å². The highest BCUT2D eigenvalue weighted by molar-refractivity contribution is 6.02. The predicted molar refractivity (Wildman–Crippen MR) is 93.7 cm³/mol. The molecule has 6 nitrogen and oxygen atoms in total. The molecule has 24 heavy (non-hydrogen) atoms. The molecule has 0 unspecified atom stereocenters. The lowest BCUT2D eigenvalue weighted by atomic mass is 10.1. The maximum atomic E-state index is 12.3. The minimum Gasteiger partial charge on any atom is -0.494 e. The molecule has 1 saturated heterocycles. The van der Waals surface area contributed by atoms with Crippen LogP contribution >= 0.6 is 0 Å². The van der Waals surface area contributed by atoms with Crippen LogP contribution in [0.4, 0.5) is 11.5 Å². The molecule has 3 rings (SSSR count). The standard InChI is InChI=1S/C18H22N4O2/c1-2-24-15-8-6-14(7-9-15)21-18(23)16-12-20-17(13-19-16)22-10-4-3-5-11-22/h6-9,12-13H,2-5,10-11H2,1H3,(H,21,23). The lowest BCUT2D eigenvalue weighted by Crippen LogP contribution is -2.30. The molecular formula is C18H22N4O2. The smallest absolute Gasteiger partial charge is 0.275 e. The Morgan fingerprint density at radius 3 is 2.50 bits per heavy atom. The van der Waals surface area contributed by atoms with Gasteiger partial charge < -0.3 is 15.0 Å². The molecule has 0 spiro atoms. The van der Waals surface area contributed by atoms with E-state index in [9.17, 15) is 4.79 Å². The van der Waals surface area contributed by atoms with Gasteiger partial charge in [-0.05, 0) is 50.5 Å². The summed E-state index contributed by atoms with van der Waals surface area (Å²) in [5.41, 5.74) is 1.01. The summed E-state index contributed by atoms with van der Waals surface area (Å²) in [6.07, 6.45) is 6.85. The van der Waals surface area contributed by atoms with E-state index in [1.807, 2.05) is 19.1 Å². The summed E-state index contributed by atoms with van der Waals surface area (Å²) in [5, 5.41) is 2.82. The van der Waals surface area contributed by atoms with Crippen molar-refractivity contribution in [1.29, 1.82) is 0 Å². The van der Waals surface area contributed by atoms with E-state index in [4.69, 9.17) is 4.74 Å². The van der Waals surface area contributed by atoms with Crippen LogP contribution in [-0.4, -0.2) is 35.6 Å². The topological polar surface area (TPSA) is 67.3 Å². The van der Waals surface area contributed by atoms with Gasteiger partial charge in [-0.15, -0.1) is 0 Å². The van der Waals surface area contributed by atoms with Crippen molar-refractivity contribution in [3.63, 3.8) is 0 Å². The fraction of sp³-hybridized carbons (Fsp3) is 0.389. The summed E-state index contributed by atoms with van der Waals surface area (Å²) >= 11 is 0. The third kappa shape index (κ3) is 4.01. The van der Waals surface area contributed by atoms with Crippen LogP contribution in [0, 0.1) is 0 Å². The third-order valence-corrected chi connectivity index (χ3v) is 3.97. The number of nitrogens with one attached hydrogen (secondary N) is 1. The van der Waals surface area contributed by atoms with E-state index in [2.05, 4.69) is 20.2 Å². The Morgan fingerprint density at radius 2 is 1.88 bits per heavy atom. The van der Waals surface area contributed by atoms with Crippen molar-refractivity contribution in [2.45, 2.75) is 26.2 Å². The number of carbonyl (C=O) groups is 1. The lowest BCUT2D eigenvalue weighted by Gasteiger charge is -2.27. The first kappa shape index (κ1) is 16.2. The van der Waals surface area contributed by atoms with E-state index in [1.54, 1.807) is 18.3 Å². The molecule has 1 N–H and O–H groups in total. The van der Waals surface area contributed by atoms with Gasteiger partial charge in [-0.1, -0.05) is 0 Å². The quantitative estimate of drug-likeness (QED) is 0.914. The molecule has 1 aliphatic rings. The Balaban J connectivity index is 1.62. The van der Waals surface area contributed by atoms with Gasteiger partial charge in [-0.2, -0.15) is 0 Å². The molecule has 1 aliphatic heterocycles. The molecule has 2 heterocycles. The Kier molecular flexibility index (Phi) is 5.25. The van der Waals surface area contributed by atoms with Crippen molar-refractivity contribution in [2.75, 3.05) is 29.9 Å². The molecule has 0 atom stereocenters. The van der Waals surface area contributed by atoms with Crippen LogP contribution < -0.4 is 15.0 Å². The van der Waals surface area contributed by atoms with Crippen LogP contribution in [0.25, 0.3) is 0 Å². The van der Waals surface area contributed by atoms with Crippen LogP contribution in [0.5, 0.6) is 5.75 Å². The molecule has 0 radical (unpaired) electrons. The van der Waals surface area contributed by atoms with Crippen molar-refractivity contribution < 1.29 is 9.53 Å². The summed E-state index contributed by atoms with van der Waals surface area (Å²) in [5.74, 6) is 1.35. The Labute approximate surface area is 141 Å². The van der Waals surface area contributed by atoms with Gasteiger partial charge in [0.2, 0.25) is 0 Å². The van der Waals surface area contributed by atoms with Crippen LogP contribution in [0.2, 0.25) is 0 Å². The SMILES string of the molecule is CCOc1ccc(NC(=O)c2cnc(N3CCCCC3)cn2)cc1. The summed E-state index contributed by atoms with van der Waals surface area (Å²) in [4.78, 5) is 23.1. The van der Waals surface area contributed by atoms with E-state index >= 15 is 0 Å². The van der Waals surface area contributed by atoms with Gasteiger partial charge in [0.1, 0.15) is 17.3 Å². The van der Waals surface area contributed by atoms with Gasteiger partial charge in [0.05, 0.1) is 19.0 Å². The molecule has 0 bridgehead atoms. The second-order valence-corrected chi connectivity index (χ2v) is 5.72. The second-order valence-electron chi connectivity index (χ2n) is 5.72. The zero-order valence-corrected chi connectivity index (χ0v) is 13.9. The van der Waals surface area contributed by atoms with Gasteiger partial charge in [0.15, 0.2) is 0 Å². The highest BCUT2D eigenvalue weighted by Gasteiger charge is 2.14. The van der Waals surface area contributed by atoms with Crippen LogP contribution in [0.3, 0.4) is 0 Å². The first-order chi connectivity index (χ1) is 11.8. The number of piperidine rings is 1. The Bertz CT molecular complexity index is 664. The maximum Gasteiger partial charge on any atom is 0.275 e. The highest BCUT2D eigenvalue weighted by atomic mass is 16.5. The molecule has 6 heteroatoms. The first-order valence-corrected chi connectivity index (χ1v) is 8.37. The number of hydrogen-bond donors (Lipinski definition) is 1. The molecule has 126 valence electrons. The number of hydrogen-bond acceptors (Lipinski definition) is 5. The summed E-state index contributed by atoms with van der Waals surface area (Å²) in [6.45, 7) is 4.56. The highest BCUT2D eigenvalue weighted by Crippen LogP contribution is 2.18. The van der Waals surface area contributed by atoms with E-state index in [-0.39, 0.29) is 5.91 Å². The molecule has 0 saturated carbocycles. The van der Waals surface area contributed by atoms with Gasteiger partial charge in [-0.3, -0.25) is 4.79 Å².